The summed E-state index contributed by atoms with van der Waals surface area (Å²) in [6.07, 6.45) is 6.53. The normalized spacial score (nSPS) is 23.4. The summed E-state index contributed by atoms with van der Waals surface area (Å²) < 4.78 is 2.43. The van der Waals surface area contributed by atoms with E-state index in [1.807, 2.05) is 0 Å². The average molecular weight is 291 g/mol. The molecule has 0 saturated heterocycles. The van der Waals surface area contributed by atoms with Crippen molar-refractivity contribution < 1.29 is 0 Å². The SMILES string of the molecule is CCC1CCC(n2c(CCl)nc3cccc(C)c32)CC1. The van der Waals surface area contributed by atoms with Gasteiger partial charge in [0.15, 0.2) is 0 Å². The van der Waals surface area contributed by atoms with E-state index in [1.165, 1.54) is 43.2 Å². The van der Waals surface area contributed by atoms with Gasteiger partial charge >= 0.3 is 0 Å². The van der Waals surface area contributed by atoms with Crippen molar-refractivity contribution in [2.45, 2.75) is 57.9 Å². The number of fused-ring (bicyclic) bond motifs is 1. The molecule has 108 valence electrons. The van der Waals surface area contributed by atoms with Crippen LogP contribution in [0, 0.1) is 12.8 Å². The third-order valence-corrected chi connectivity index (χ3v) is 5.10. The summed E-state index contributed by atoms with van der Waals surface area (Å²) in [6.45, 7) is 4.49. The van der Waals surface area contributed by atoms with Crippen LogP contribution in [0.2, 0.25) is 0 Å². The van der Waals surface area contributed by atoms with Gasteiger partial charge in [0.2, 0.25) is 0 Å². The molecule has 0 bridgehead atoms. The number of benzene rings is 1. The van der Waals surface area contributed by atoms with Crippen LogP contribution in [0.4, 0.5) is 0 Å². The summed E-state index contributed by atoms with van der Waals surface area (Å²) in [7, 11) is 0. The van der Waals surface area contributed by atoms with Crippen molar-refractivity contribution in [3.8, 4) is 0 Å². The van der Waals surface area contributed by atoms with Gasteiger partial charge in [-0.15, -0.1) is 11.6 Å². The van der Waals surface area contributed by atoms with Gasteiger partial charge in [-0.3, -0.25) is 0 Å². The molecule has 2 aromatic rings. The quantitative estimate of drug-likeness (QED) is 0.708. The molecule has 20 heavy (non-hydrogen) atoms. The number of alkyl halides is 1. The first-order valence-electron chi connectivity index (χ1n) is 7.77. The molecule has 1 aliphatic rings. The lowest BCUT2D eigenvalue weighted by molar-refractivity contribution is 0.270. The Balaban J connectivity index is 2.02. The lowest BCUT2D eigenvalue weighted by Crippen LogP contribution is -2.19. The topological polar surface area (TPSA) is 17.8 Å². The molecule has 0 spiro atoms. The lowest BCUT2D eigenvalue weighted by atomic mass is 9.84. The second kappa shape index (κ2) is 5.77. The predicted molar refractivity (Wildman–Crippen MR) is 85.3 cm³/mol. The second-order valence-electron chi connectivity index (χ2n) is 6.06. The van der Waals surface area contributed by atoms with E-state index in [0.29, 0.717) is 11.9 Å². The van der Waals surface area contributed by atoms with Crippen LogP contribution in [-0.2, 0) is 5.88 Å². The highest BCUT2D eigenvalue weighted by molar-refractivity contribution is 6.16. The van der Waals surface area contributed by atoms with Crippen LogP contribution in [-0.4, -0.2) is 9.55 Å². The number of aromatic nitrogens is 2. The molecule has 3 heteroatoms. The molecular weight excluding hydrogens is 268 g/mol. The third kappa shape index (κ3) is 2.35. The maximum absolute atomic E-state index is 6.15. The van der Waals surface area contributed by atoms with Crippen molar-refractivity contribution in [3.63, 3.8) is 0 Å². The first-order chi connectivity index (χ1) is 9.74. The predicted octanol–water partition coefficient (Wildman–Crippen LogP) is 5.22. The number of hydrogen-bond donors (Lipinski definition) is 0. The number of nitrogens with zero attached hydrogens (tertiary/aromatic N) is 2. The van der Waals surface area contributed by atoms with Crippen LogP contribution in [0.1, 0.15) is 56.5 Å². The first-order valence-corrected chi connectivity index (χ1v) is 8.30. The molecular formula is C17H23ClN2. The fraction of sp³-hybridized carbons (Fsp3) is 0.588. The maximum Gasteiger partial charge on any atom is 0.125 e. The summed E-state index contributed by atoms with van der Waals surface area (Å²) >= 11 is 6.15. The summed E-state index contributed by atoms with van der Waals surface area (Å²) in [5, 5.41) is 0. The van der Waals surface area contributed by atoms with Crippen molar-refractivity contribution >= 4 is 22.6 Å². The number of imidazole rings is 1. The molecule has 1 heterocycles. The van der Waals surface area contributed by atoms with E-state index in [9.17, 15) is 0 Å². The van der Waals surface area contributed by atoms with Crippen molar-refractivity contribution in [3.05, 3.63) is 29.6 Å². The smallest absolute Gasteiger partial charge is 0.125 e. The van der Waals surface area contributed by atoms with Gasteiger partial charge in [-0.1, -0.05) is 25.5 Å². The van der Waals surface area contributed by atoms with E-state index < -0.39 is 0 Å². The molecule has 2 nitrogen and oxygen atoms in total. The van der Waals surface area contributed by atoms with Crippen LogP contribution < -0.4 is 0 Å². The fourth-order valence-corrected chi connectivity index (χ4v) is 3.86. The first kappa shape index (κ1) is 13.9. The van der Waals surface area contributed by atoms with E-state index in [1.54, 1.807) is 0 Å². The molecule has 0 unspecified atom stereocenters. The highest BCUT2D eigenvalue weighted by atomic mass is 35.5. The minimum absolute atomic E-state index is 0.502. The molecule has 1 aromatic carbocycles. The van der Waals surface area contributed by atoms with Gasteiger partial charge in [-0.25, -0.2) is 4.98 Å². The molecule has 3 rings (SSSR count). The zero-order chi connectivity index (χ0) is 14.1. The minimum Gasteiger partial charge on any atom is -0.324 e. The largest absolute Gasteiger partial charge is 0.324 e. The Hall–Kier alpha value is -1.02. The molecule has 0 radical (unpaired) electrons. The van der Waals surface area contributed by atoms with Crippen molar-refractivity contribution in [2.75, 3.05) is 0 Å². The Kier molecular flexibility index (Phi) is 4.02. The van der Waals surface area contributed by atoms with Gasteiger partial charge in [0.25, 0.3) is 0 Å². The van der Waals surface area contributed by atoms with E-state index >= 15 is 0 Å². The molecule has 0 aliphatic heterocycles. The van der Waals surface area contributed by atoms with E-state index in [0.717, 1.165) is 17.3 Å². The molecule has 1 aromatic heterocycles. The van der Waals surface area contributed by atoms with Gasteiger partial charge in [-0.05, 0) is 50.2 Å². The van der Waals surface area contributed by atoms with Gasteiger partial charge in [-0.2, -0.15) is 0 Å². The number of rotatable bonds is 3. The molecule has 1 aliphatic carbocycles. The monoisotopic (exact) mass is 290 g/mol. The zero-order valence-corrected chi connectivity index (χ0v) is 13.2. The molecule has 1 saturated carbocycles. The number of aryl methyl sites for hydroxylation is 1. The maximum atomic E-state index is 6.15. The summed E-state index contributed by atoms with van der Waals surface area (Å²) in [5.41, 5.74) is 3.70. The van der Waals surface area contributed by atoms with Gasteiger partial charge in [0, 0.05) is 6.04 Å². The average Bonchev–Trinajstić information content (AvgIpc) is 2.87. The van der Waals surface area contributed by atoms with E-state index in [2.05, 4.69) is 36.6 Å². The number of para-hydroxylation sites is 1. The van der Waals surface area contributed by atoms with Gasteiger partial charge in [0.1, 0.15) is 5.82 Å². The van der Waals surface area contributed by atoms with Crippen LogP contribution >= 0.6 is 11.6 Å². The number of halogens is 1. The summed E-state index contributed by atoms with van der Waals surface area (Å²) in [6, 6.07) is 6.95. The lowest BCUT2D eigenvalue weighted by Gasteiger charge is -2.30. The van der Waals surface area contributed by atoms with Crippen molar-refractivity contribution in [1.29, 1.82) is 0 Å². The van der Waals surface area contributed by atoms with Gasteiger partial charge < -0.3 is 4.57 Å². The van der Waals surface area contributed by atoms with Crippen molar-refractivity contribution in [2.24, 2.45) is 5.92 Å². The Bertz CT molecular complexity index is 594. The van der Waals surface area contributed by atoms with E-state index in [-0.39, 0.29) is 0 Å². The van der Waals surface area contributed by atoms with Crippen LogP contribution in [0.15, 0.2) is 18.2 Å². The van der Waals surface area contributed by atoms with Crippen molar-refractivity contribution in [1.82, 2.24) is 9.55 Å². The summed E-state index contributed by atoms with van der Waals surface area (Å²) in [5.74, 6) is 2.46. The third-order valence-electron chi connectivity index (χ3n) is 4.86. The fourth-order valence-electron chi connectivity index (χ4n) is 3.67. The Morgan fingerprint density at radius 2 is 2.00 bits per heavy atom. The Labute approximate surface area is 126 Å². The molecule has 1 fully saturated rings. The molecule has 0 amide bonds. The standard InChI is InChI=1S/C17H23ClN2/c1-3-13-7-9-14(10-8-13)20-16(11-18)19-15-6-4-5-12(2)17(15)20/h4-6,13-14H,3,7-11H2,1-2H3. The Morgan fingerprint density at radius 3 is 2.65 bits per heavy atom. The van der Waals surface area contributed by atoms with Crippen LogP contribution in [0.5, 0.6) is 0 Å². The highest BCUT2D eigenvalue weighted by Gasteiger charge is 2.25. The number of hydrogen-bond acceptors (Lipinski definition) is 1. The Morgan fingerprint density at radius 1 is 1.25 bits per heavy atom. The van der Waals surface area contributed by atoms with Crippen LogP contribution in [0.25, 0.3) is 11.0 Å². The second-order valence-corrected chi connectivity index (χ2v) is 6.32. The highest BCUT2D eigenvalue weighted by Crippen LogP contribution is 2.37. The molecule has 0 atom stereocenters. The van der Waals surface area contributed by atoms with E-state index in [4.69, 9.17) is 16.6 Å². The minimum atomic E-state index is 0.502. The van der Waals surface area contributed by atoms with Gasteiger partial charge in [0.05, 0.1) is 16.9 Å². The molecule has 0 N–H and O–H groups in total. The van der Waals surface area contributed by atoms with Crippen LogP contribution in [0.3, 0.4) is 0 Å². The summed E-state index contributed by atoms with van der Waals surface area (Å²) in [4.78, 5) is 4.74. The zero-order valence-electron chi connectivity index (χ0n) is 12.4.